The van der Waals surface area contributed by atoms with Crippen molar-refractivity contribution in [3.63, 3.8) is 0 Å². The van der Waals surface area contributed by atoms with Crippen molar-refractivity contribution in [2.75, 3.05) is 19.8 Å². The molecule has 0 unspecified atom stereocenters. The van der Waals surface area contributed by atoms with Crippen molar-refractivity contribution in [2.24, 2.45) is 0 Å². The first-order valence-electron chi connectivity index (χ1n) is 3.70. The van der Waals surface area contributed by atoms with Crippen molar-refractivity contribution in [3.05, 3.63) is 0 Å². The molecular weight excluding hydrogens is 148 g/mol. The summed E-state index contributed by atoms with van der Waals surface area (Å²) < 4.78 is 10.1. The van der Waals surface area contributed by atoms with E-state index in [-0.39, 0.29) is 12.5 Å². The summed E-state index contributed by atoms with van der Waals surface area (Å²) >= 11 is 0. The summed E-state index contributed by atoms with van der Waals surface area (Å²) in [4.78, 5) is 10.0. The van der Waals surface area contributed by atoms with Crippen molar-refractivity contribution in [3.8, 4) is 0 Å². The van der Waals surface area contributed by atoms with E-state index in [2.05, 4.69) is 0 Å². The number of hydrogen-bond donors (Lipinski definition) is 1. The summed E-state index contributed by atoms with van der Waals surface area (Å²) in [5, 5.41) is 8.27. The van der Waals surface area contributed by atoms with E-state index < -0.39 is 5.97 Å². The molecule has 11 heavy (non-hydrogen) atoms. The molecule has 0 aliphatic carbocycles. The lowest BCUT2D eigenvalue weighted by Gasteiger charge is -2.25. The molecule has 0 radical (unpaired) electrons. The zero-order valence-electron chi connectivity index (χ0n) is 6.28. The molecule has 0 aromatic carbocycles. The van der Waals surface area contributed by atoms with Gasteiger partial charge in [0.25, 0.3) is 0 Å². The van der Waals surface area contributed by atoms with Gasteiger partial charge in [-0.05, 0) is 6.42 Å². The summed E-state index contributed by atoms with van der Waals surface area (Å²) in [6.07, 6.45) is 0.989. The lowest BCUT2D eigenvalue weighted by Crippen LogP contribution is -2.36. The number of hydrogen-bond acceptors (Lipinski definition) is 3. The van der Waals surface area contributed by atoms with Gasteiger partial charge in [-0.15, -0.1) is 0 Å². The van der Waals surface area contributed by atoms with Gasteiger partial charge in [-0.2, -0.15) is 0 Å². The van der Waals surface area contributed by atoms with Gasteiger partial charge in [0.05, 0.1) is 13.2 Å². The van der Waals surface area contributed by atoms with Gasteiger partial charge in [0.2, 0.25) is 0 Å². The fourth-order valence-corrected chi connectivity index (χ4v) is 0.784. The van der Waals surface area contributed by atoms with Gasteiger partial charge in [-0.25, -0.2) is 0 Å². The van der Waals surface area contributed by atoms with Crippen molar-refractivity contribution < 1.29 is 19.4 Å². The van der Waals surface area contributed by atoms with Crippen LogP contribution in [0.5, 0.6) is 0 Å². The molecule has 1 aliphatic heterocycles. The lowest BCUT2D eigenvalue weighted by atomic mass is 10.3. The van der Waals surface area contributed by atoms with Crippen LogP contribution in [-0.4, -0.2) is 37.0 Å². The summed E-state index contributed by atoms with van der Waals surface area (Å²) in [7, 11) is 0. The third-order valence-electron chi connectivity index (χ3n) is 1.50. The summed E-state index contributed by atoms with van der Waals surface area (Å²) in [5.41, 5.74) is 0. The molecule has 0 atom stereocenters. The van der Waals surface area contributed by atoms with Crippen molar-refractivity contribution in [1.82, 2.24) is 0 Å². The summed E-state index contributed by atoms with van der Waals surface area (Å²) in [6, 6.07) is 0. The number of carbonyl (C=O) groups is 1. The van der Waals surface area contributed by atoms with Gasteiger partial charge in [-0.3, -0.25) is 4.79 Å². The molecule has 1 heterocycles. The second-order valence-electron chi connectivity index (χ2n) is 2.53. The Labute approximate surface area is 65.1 Å². The highest BCUT2D eigenvalue weighted by molar-refractivity contribution is 5.66. The second-order valence-corrected chi connectivity index (χ2v) is 2.53. The van der Waals surface area contributed by atoms with Gasteiger partial charge in [0.1, 0.15) is 6.10 Å². The van der Waals surface area contributed by atoms with Crippen LogP contribution < -0.4 is 0 Å². The number of carboxylic acids is 1. The average molecular weight is 160 g/mol. The summed E-state index contributed by atoms with van der Waals surface area (Å²) in [6.45, 7) is 1.85. The smallest absolute Gasteiger partial charge is 0.303 e. The van der Waals surface area contributed by atoms with Crippen LogP contribution in [-0.2, 0) is 14.3 Å². The zero-order chi connectivity index (χ0) is 8.10. The highest BCUT2D eigenvalue weighted by Crippen LogP contribution is 2.05. The quantitative estimate of drug-likeness (QED) is 0.586. The maximum Gasteiger partial charge on any atom is 0.303 e. The van der Waals surface area contributed by atoms with Crippen LogP contribution in [0.2, 0.25) is 0 Å². The van der Waals surface area contributed by atoms with E-state index in [0.717, 1.165) is 0 Å². The van der Waals surface area contributed by atoms with E-state index in [1.165, 1.54) is 0 Å². The SMILES string of the molecule is O=C(O)CCCOC1COC1. The number of ether oxygens (including phenoxy) is 2. The third-order valence-corrected chi connectivity index (χ3v) is 1.50. The molecular formula is C7H12O4. The van der Waals surface area contributed by atoms with Crippen molar-refractivity contribution >= 4 is 5.97 Å². The molecule has 0 spiro atoms. The van der Waals surface area contributed by atoms with Crippen LogP contribution >= 0.6 is 0 Å². The Morgan fingerprint density at radius 1 is 1.64 bits per heavy atom. The normalized spacial score (nSPS) is 17.8. The van der Waals surface area contributed by atoms with Crippen LogP contribution in [0.4, 0.5) is 0 Å². The van der Waals surface area contributed by atoms with E-state index in [0.29, 0.717) is 26.2 Å². The maximum atomic E-state index is 10.0. The Morgan fingerprint density at radius 3 is 2.82 bits per heavy atom. The van der Waals surface area contributed by atoms with Crippen molar-refractivity contribution in [1.29, 1.82) is 0 Å². The Kier molecular flexibility index (Phi) is 3.32. The Balaban J connectivity index is 1.83. The molecule has 1 saturated heterocycles. The molecule has 64 valence electrons. The first-order chi connectivity index (χ1) is 5.29. The molecule has 0 saturated carbocycles. The van der Waals surface area contributed by atoms with E-state index in [4.69, 9.17) is 14.6 Å². The molecule has 1 aliphatic rings. The zero-order valence-corrected chi connectivity index (χ0v) is 6.28. The highest BCUT2D eigenvalue weighted by Gasteiger charge is 2.18. The molecule has 0 aromatic rings. The standard InChI is InChI=1S/C7H12O4/c8-7(9)2-1-3-11-6-4-10-5-6/h6H,1-5H2,(H,8,9). The van der Waals surface area contributed by atoms with Gasteiger partial charge >= 0.3 is 5.97 Å². The van der Waals surface area contributed by atoms with Crippen LogP contribution in [0.25, 0.3) is 0 Å². The first kappa shape index (κ1) is 8.49. The fraction of sp³-hybridized carbons (Fsp3) is 0.857. The van der Waals surface area contributed by atoms with Gasteiger partial charge < -0.3 is 14.6 Å². The predicted molar refractivity (Wildman–Crippen MR) is 37.4 cm³/mol. The Hall–Kier alpha value is -0.610. The lowest BCUT2D eigenvalue weighted by molar-refractivity contribution is -0.140. The van der Waals surface area contributed by atoms with Crippen LogP contribution in [0, 0.1) is 0 Å². The molecule has 0 bridgehead atoms. The van der Waals surface area contributed by atoms with Crippen LogP contribution in [0.1, 0.15) is 12.8 Å². The number of carboxylic acid groups (broad SMARTS) is 1. The van der Waals surface area contributed by atoms with Crippen molar-refractivity contribution in [2.45, 2.75) is 18.9 Å². The maximum absolute atomic E-state index is 10.0. The molecule has 4 heteroatoms. The van der Waals surface area contributed by atoms with E-state index in [1.54, 1.807) is 0 Å². The van der Waals surface area contributed by atoms with E-state index in [9.17, 15) is 4.79 Å². The van der Waals surface area contributed by atoms with E-state index >= 15 is 0 Å². The first-order valence-corrected chi connectivity index (χ1v) is 3.70. The minimum absolute atomic E-state index is 0.188. The van der Waals surface area contributed by atoms with E-state index in [1.807, 2.05) is 0 Å². The highest BCUT2D eigenvalue weighted by atomic mass is 16.6. The molecule has 1 rings (SSSR count). The van der Waals surface area contributed by atoms with Gasteiger partial charge in [0.15, 0.2) is 0 Å². The predicted octanol–water partition coefficient (Wildman–Crippen LogP) is 0.267. The second kappa shape index (κ2) is 4.31. The molecule has 1 N–H and O–H groups in total. The molecule has 0 aromatic heterocycles. The number of aliphatic carboxylic acids is 1. The average Bonchev–Trinajstić information content (AvgIpc) is 1.82. The van der Waals surface area contributed by atoms with Gasteiger partial charge in [0, 0.05) is 13.0 Å². The fourth-order valence-electron chi connectivity index (χ4n) is 0.784. The van der Waals surface area contributed by atoms with Crippen LogP contribution in [0.15, 0.2) is 0 Å². The topological polar surface area (TPSA) is 55.8 Å². The number of rotatable bonds is 5. The van der Waals surface area contributed by atoms with Crippen LogP contribution in [0.3, 0.4) is 0 Å². The Bertz CT molecular complexity index is 130. The molecule has 1 fully saturated rings. The third kappa shape index (κ3) is 3.34. The minimum Gasteiger partial charge on any atom is -0.481 e. The summed E-state index contributed by atoms with van der Waals surface area (Å²) in [5.74, 6) is -0.765. The Morgan fingerprint density at radius 2 is 2.36 bits per heavy atom. The molecule has 0 amide bonds. The minimum atomic E-state index is -0.765. The monoisotopic (exact) mass is 160 g/mol. The largest absolute Gasteiger partial charge is 0.481 e. The molecule has 4 nitrogen and oxygen atoms in total. The van der Waals surface area contributed by atoms with Gasteiger partial charge in [-0.1, -0.05) is 0 Å².